The van der Waals surface area contributed by atoms with Crippen molar-refractivity contribution in [2.75, 3.05) is 17.7 Å². The summed E-state index contributed by atoms with van der Waals surface area (Å²) < 4.78 is 6.63. The predicted octanol–water partition coefficient (Wildman–Crippen LogP) is 2.68. The van der Waals surface area contributed by atoms with Gasteiger partial charge >= 0.3 is 5.97 Å². The van der Waals surface area contributed by atoms with Crippen molar-refractivity contribution >= 4 is 29.3 Å². The van der Waals surface area contributed by atoms with Gasteiger partial charge in [0.05, 0.1) is 28.8 Å². The van der Waals surface area contributed by atoms with E-state index in [0.717, 1.165) is 10.6 Å². The van der Waals surface area contributed by atoms with Crippen molar-refractivity contribution in [3.05, 3.63) is 66.7 Å². The fraction of sp³-hybridized carbons (Fsp3) is 0.105. The Morgan fingerprint density at radius 1 is 1.18 bits per heavy atom. The van der Waals surface area contributed by atoms with E-state index in [1.165, 1.54) is 18.1 Å². The Labute approximate surface area is 165 Å². The highest BCUT2D eigenvalue weighted by Crippen LogP contribution is 2.26. The predicted molar refractivity (Wildman–Crippen MR) is 103 cm³/mol. The van der Waals surface area contributed by atoms with E-state index in [2.05, 4.69) is 15.4 Å². The van der Waals surface area contributed by atoms with E-state index >= 15 is 0 Å². The molecule has 3 rings (SSSR count). The average molecular weight is 393 g/mol. The van der Waals surface area contributed by atoms with Crippen molar-refractivity contribution in [3.8, 4) is 11.8 Å². The lowest BCUT2D eigenvalue weighted by atomic mass is 10.2. The zero-order valence-electron chi connectivity index (χ0n) is 14.6. The van der Waals surface area contributed by atoms with Crippen LogP contribution in [0.1, 0.15) is 10.4 Å². The maximum absolute atomic E-state index is 12.1. The molecule has 8 nitrogen and oxygen atoms in total. The second kappa shape index (κ2) is 9.34. The zero-order chi connectivity index (χ0) is 19.8. The number of carbonyl (C=O) groups excluding carboxylic acids is 2. The summed E-state index contributed by atoms with van der Waals surface area (Å²) in [7, 11) is 0. The number of nitrogens with zero attached hydrogens (tertiary/aromatic N) is 4. The van der Waals surface area contributed by atoms with Gasteiger partial charge in [-0.05, 0) is 36.4 Å². The molecule has 1 heterocycles. The molecular formula is C19H15N5O3S. The lowest BCUT2D eigenvalue weighted by Crippen LogP contribution is -2.21. The average Bonchev–Trinajstić information content (AvgIpc) is 3.26. The molecule has 3 aromatic rings. The van der Waals surface area contributed by atoms with Crippen LogP contribution in [-0.2, 0) is 9.53 Å². The maximum atomic E-state index is 12.1. The highest BCUT2D eigenvalue weighted by atomic mass is 32.2. The number of benzene rings is 2. The minimum atomic E-state index is -0.604. The second-order valence-electron chi connectivity index (χ2n) is 5.45. The van der Waals surface area contributed by atoms with Gasteiger partial charge in [0.25, 0.3) is 5.91 Å². The Morgan fingerprint density at radius 2 is 1.96 bits per heavy atom. The Hall–Kier alpha value is -3.64. The third-order valence-corrected chi connectivity index (χ3v) is 4.51. The number of para-hydroxylation sites is 1. The van der Waals surface area contributed by atoms with Crippen molar-refractivity contribution < 1.29 is 14.3 Å². The molecule has 1 aromatic heterocycles. The summed E-state index contributed by atoms with van der Waals surface area (Å²) in [4.78, 5) is 28.9. The summed E-state index contributed by atoms with van der Waals surface area (Å²) in [6.07, 6.45) is 2.96. The van der Waals surface area contributed by atoms with Crippen LogP contribution in [0.15, 0.2) is 66.1 Å². The first-order valence-electron chi connectivity index (χ1n) is 8.18. The van der Waals surface area contributed by atoms with E-state index in [4.69, 9.17) is 10.00 Å². The number of nitrogens with one attached hydrogen (secondary N) is 1. The number of carbonyl (C=O) groups is 2. The third-order valence-electron chi connectivity index (χ3n) is 3.57. The largest absolute Gasteiger partial charge is 0.452 e. The van der Waals surface area contributed by atoms with Crippen LogP contribution in [0.5, 0.6) is 0 Å². The normalized spacial score (nSPS) is 10.1. The molecule has 0 radical (unpaired) electrons. The Balaban J connectivity index is 1.55. The molecule has 28 heavy (non-hydrogen) atoms. The first kappa shape index (κ1) is 19.1. The summed E-state index contributed by atoms with van der Waals surface area (Å²) in [5, 5.41) is 15.4. The molecule has 140 valence electrons. The van der Waals surface area contributed by atoms with E-state index in [1.54, 1.807) is 53.5 Å². The Bertz CT molecular complexity index is 997. The highest BCUT2D eigenvalue weighted by Gasteiger charge is 2.12. The summed E-state index contributed by atoms with van der Waals surface area (Å²) in [6.45, 7) is -0.416. The molecule has 0 aliphatic rings. The number of anilines is 1. The van der Waals surface area contributed by atoms with Gasteiger partial charge in [0, 0.05) is 4.90 Å². The quantitative estimate of drug-likeness (QED) is 0.485. The molecular weight excluding hydrogens is 378 g/mol. The molecule has 0 saturated carbocycles. The van der Waals surface area contributed by atoms with E-state index < -0.39 is 18.5 Å². The lowest BCUT2D eigenvalue weighted by molar-refractivity contribution is -0.119. The van der Waals surface area contributed by atoms with Gasteiger partial charge in [0.1, 0.15) is 12.7 Å². The number of hydrogen-bond donors (Lipinski definition) is 1. The molecule has 0 aliphatic carbocycles. The number of thioether (sulfide) groups is 1. The number of ether oxygens (including phenoxy) is 1. The van der Waals surface area contributed by atoms with Gasteiger partial charge in [0.15, 0.2) is 6.61 Å². The fourth-order valence-corrected chi connectivity index (χ4v) is 2.97. The van der Waals surface area contributed by atoms with E-state index in [9.17, 15) is 9.59 Å². The van der Waals surface area contributed by atoms with Crippen LogP contribution in [-0.4, -0.2) is 39.0 Å². The number of amides is 1. The van der Waals surface area contributed by atoms with Crippen LogP contribution in [0.3, 0.4) is 0 Å². The summed E-state index contributed by atoms with van der Waals surface area (Å²) in [6, 6.07) is 15.7. The minimum absolute atomic E-state index is 0.270. The Morgan fingerprint density at radius 3 is 2.68 bits per heavy atom. The van der Waals surface area contributed by atoms with Crippen molar-refractivity contribution in [1.29, 1.82) is 5.26 Å². The molecule has 0 bridgehead atoms. The van der Waals surface area contributed by atoms with E-state index in [1.807, 2.05) is 12.1 Å². The minimum Gasteiger partial charge on any atom is -0.452 e. The van der Waals surface area contributed by atoms with E-state index in [0.29, 0.717) is 11.3 Å². The first-order chi connectivity index (χ1) is 13.7. The monoisotopic (exact) mass is 393 g/mol. The van der Waals surface area contributed by atoms with Crippen LogP contribution in [0.25, 0.3) is 5.69 Å². The molecule has 1 N–H and O–H groups in total. The molecule has 1 amide bonds. The van der Waals surface area contributed by atoms with Gasteiger partial charge in [-0.2, -0.15) is 10.4 Å². The van der Waals surface area contributed by atoms with Gasteiger partial charge in [0.2, 0.25) is 0 Å². The maximum Gasteiger partial charge on any atom is 0.338 e. The molecule has 0 atom stereocenters. The SMILES string of the molecule is N#CCSc1ccccc1NC(=O)COC(=O)c1ccc(-n2cncn2)cc1. The van der Waals surface area contributed by atoms with Gasteiger partial charge in [-0.1, -0.05) is 12.1 Å². The number of aromatic nitrogens is 3. The zero-order valence-corrected chi connectivity index (χ0v) is 15.4. The summed E-state index contributed by atoms with van der Waals surface area (Å²) in [5.41, 5.74) is 1.64. The summed E-state index contributed by atoms with van der Waals surface area (Å²) >= 11 is 1.32. The number of nitriles is 1. The van der Waals surface area contributed by atoms with Crippen LogP contribution in [0, 0.1) is 11.3 Å². The molecule has 2 aromatic carbocycles. The first-order valence-corrected chi connectivity index (χ1v) is 9.17. The number of esters is 1. The molecule has 9 heteroatoms. The fourth-order valence-electron chi connectivity index (χ4n) is 2.30. The van der Waals surface area contributed by atoms with Crippen LogP contribution in [0.2, 0.25) is 0 Å². The van der Waals surface area contributed by atoms with Crippen molar-refractivity contribution in [1.82, 2.24) is 14.8 Å². The smallest absolute Gasteiger partial charge is 0.338 e. The summed E-state index contributed by atoms with van der Waals surface area (Å²) in [5.74, 6) is -0.794. The lowest BCUT2D eigenvalue weighted by Gasteiger charge is -2.10. The molecule has 0 aliphatic heterocycles. The van der Waals surface area contributed by atoms with Crippen LogP contribution >= 0.6 is 11.8 Å². The van der Waals surface area contributed by atoms with Gasteiger partial charge in [-0.15, -0.1) is 11.8 Å². The van der Waals surface area contributed by atoms with E-state index in [-0.39, 0.29) is 5.75 Å². The standard InChI is InChI=1S/C19H15N5O3S/c20-9-10-28-17-4-2-1-3-16(17)23-18(25)11-27-19(26)14-5-7-15(8-6-14)24-13-21-12-22-24/h1-8,12-13H,10-11H2,(H,23,25). The topological polar surface area (TPSA) is 110 Å². The van der Waals surface area contributed by atoms with Gasteiger partial charge in [-0.3, -0.25) is 4.79 Å². The molecule has 0 fully saturated rings. The van der Waals surface area contributed by atoms with Crippen molar-refractivity contribution in [3.63, 3.8) is 0 Å². The number of hydrogen-bond acceptors (Lipinski definition) is 7. The second-order valence-corrected chi connectivity index (χ2v) is 6.47. The number of rotatable bonds is 7. The van der Waals surface area contributed by atoms with Crippen molar-refractivity contribution in [2.45, 2.75) is 4.90 Å². The molecule has 0 saturated heterocycles. The van der Waals surface area contributed by atoms with Gasteiger partial charge in [-0.25, -0.2) is 14.5 Å². The van der Waals surface area contributed by atoms with Crippen molar-refractivity contribution in [2.24, 2.45) is 0 Å². The Kier molecular flexibility index (Phi) is 6.38. The highest BCUT2D eigenvalue weighted by molar-refractivity contribution is 7.99. The van der Waals surface area contributed by atoms with Crippen LogP contribution < -0.4 is 5.32 Å². The third kappa shape index (κ3) is 4.96. The molecule has 0 spiro atoms. The van der Waals surface area contributed by atoms with Crippen LogP contribution in [0.4, 0.5) is 5.69 Å². The van der Waals surface area contributed by atoms with Gasteiger partial charge < -0.3 is 10.1 Å². The molecule has 0 unspecified atom stereocenters.